The predicted molar refractivity (Wildman–Crippen MR) is 74.2 cm³/mol. The molecule has 0 spiro atoms. The third-order valence-electron chi connectivity index (χ3n) is 2.89. The van der Waals surface area contributed by atoms with E-state index in [4.69, 9.17) is 4.74 Å². The van der Waals surface area contributed by atoms with Gasteiger partial charge < -0.3 is 15.2 Å². The van der Waals surface area contributed by atoms with Crippen molar-refractivity contribution in [3.8, 4) is 0 Å². The van der Waals surface area contributed by atoms with E-state index in [9.17, 15) is 9.90 Å². The van der Waals surface area contributed by atoms with Gasteiger partial charge in [0.05, 0.1) is 12.7 Å². The first-order valence-electron chi connectivity index (χ1n) is 6.15. The summed E-state index contributed by atoms with van der Waals surface area (Å²) in [7, 11) is 1.51. The maximum atomic E-state index is 12.1. The average molecular weight is 259 g/mol. The quantitative estimate of drug-likeness (QED) is 0.857. The zero-order valence-corrected chi connectivity index (χ0v) is 10.8. The smallest absolute Gasteiger partial charge is 0.252 e. The molecule has 0 heterocycles. The first-order valence-corrected chi connectivity index (χ1v) is 6.15. The molecule has 2 rings (SSSR count). The topological polar surface area (TPSA) is 58.6 Å². The number of amides is 1. The lowest BCUT2D eigenvalue weighted by atomic mass is 10.0. The summed E-state index contributed by atoms with van der Waals surface area (Å²) in [5.74, 6) is -0.188. The molecule has 0 aliphatic rings. The lowest BCUT2D eigenvalue weighted by Crippen LogP contribution is -2.34. The molecule has 0 aromatic heterocycles. The number of rotatable bonds is 5. The monoisotopic (exact) mass is 259 g/mol. The van der Waals surface area contributed by atoms with Crippen molar-refractivity contribution in [3.05, 3.63) is 48.0 Å². The van der Waals surface area contributed by atoms with Gasteiger partial charge in [0, 0.05) is 19.2 Å². The minimum absolute atomic E-state index is 0.176. The van der Waals surface area contributed by atoms with Crippen LogP contribution in [0.2, 0.25) is 0 Å². The zero-order chi connectivity index (χ0) is 13.7. The van der Waals surface area contributed by atoms with E-state index < -0.39 is 6.10 Å². The first-order chi connectivity index (χ1) is 9.22. The van der Waals surface area contributed by atoms with Gasteiger partial charge in [-0.25, -0.2) is 0 Å². The summed E-state index contributed by atoms with van der Waals surface area (Å²) in [5, 5.41) is 14.2. The maximum absolute atomic E-state index is 12.1. The highest BCUT2D eigenvalue weighted by Crippen LogP contribution is 2.18. The molecule has 4 heteroatoms. The third-order valence-corrected chi connectivity index (χ3v) is 2.89. The van der Waals surface area contributed by atoms with Crippen LogP contribution in [-0.2, 0) is 4.74 Å². The molecule has 0 saturated heterocycles. The summed E-state index contributed by atoms with van der Waals surface area (Å²) in [6.07, 6.45) is -0.691. The average Bonchev–Trinajstić information content (AvgIpc) is 2.44. The van der Waals surface area contributed by atoms with Crippen LogP contribution >= 0.6 is 0 Å². The maximum Gasteiger partial charge on any atom is 0.252 e. The van der Waals surface area contributed by atoms with Gasteiger partial charge in [-0.15, -0.1) is 0 Å². The summed E-state index contributed by atoms with van der Waals surface area (Å²) < 4.78 is 4.81. The number of ether oxygens (including phenoxy) is 1. The van der Waals surface area contributed by atoms with Crippen molar-refractivity contribution in [2.45, 2.75) is 6.10 Å². The SMILES string of the molecule is COCC(O)CNC(=O)c1cccc2ccccc12. The third kappa shape index (κ3) is 3.30. The van der Waals surface area contributed by atoms with Crippen LogP contribution in [0.5, 0.6) is 0 Å². The highest BCUT2D eigenvalue weighted by Gasteiger charge is 2.11. The van der Waals surface area contributed by atoms with Crippen molar-refractivity contribution in [1.29, 1.82) is 0 Å². The number of fused-ring (bicyclic) bond motifs is 1. The van der Waals surface area contributed by atoms with Crippen LogP contribution in [0, 0.1) is 0 Å². The van der Waals surface area contributed by atoms with Gasteiger partial charge in [-0.2, -0.15) is 0 Å². The van der Waals surface area contributed by atoms with Gasteiger partial charge in [0.2, 0.25) is 0 Å². The molecular formula is C15H17NO3. The number of aliphatic hydroxyl groups is 1. The summed E-state index contributed by atoms with van der Waals surface area (Å²) in [4.78, 5) is 12.1. The molecule has 100 valence electrons. The predicted octanol–water partition coefficient (Wildman–Crippen LogP) is 1.58. The van der Waals surface area contributed by atoms with E-state index >= 15 is 0 Å². The number of carbonyl (C=O) groups excluding carboxylic acids is 1. The Morgan fingerprint density at radius 2 is 2.00 bits per heavy atom. The van der Waals surface area contributed by atoms with Crippen LogP contribution in [0.25, 0.3) is 10.8 Å². The number of hydrogen-bond donors (Lipinski definition) is 2. The number of benzene rings is 2. The van der Waals surface area contributed by atoms with Gasteiger partial charge in [-0.3, -0.25) is 4.79 Å². The van der Waals surface area contributed by atoms with Crippen molar-refractivity contribution in [3.63, 3.8) is 0 Å². The fourth-order valence-corrected chi connectivity index (χ4v) is 1.98. The molecule has 1 amide bonds. The van der Waals surface area contributed by atoms with Gasteiger partial charge in [0.15, 0.2) is 0 Å². The Bertz CT molecular complexity index is 563. The Kier molecular flexibility index (Phi) is 4.49. The van der Waals surface area contributed by atoms with E-state index in [-0.39, 0.29) is 19.1 Å². The van der Waals surface area contributed by atoms with E-state index in [0.717, 1.165) is 10.8 Å². The highest BCUT2D eigenvalue weighted by molar-refractivity contribution is 6.06. The molecule has 0 radical (unpaired) electrons. The van der Waals surface area contributed by atoms with Crippen molar-refractivity contribution in [2.75, 3.05) is 20.3 Å². The number of hydrogen-bond acceptors (Lipinski definition) is 3. The molecule has 1 atom stereocenters. The van der Waals surface area contributed by atoms with Gasteiger partial charge >= 0.3 is 0 Å². The van der Waals surface area contributed by atoms with Crippen molar-refractivity contribution < 1.29 is 14.6 Å². The van der Waals surface area contributed by atoms with Gasteiger partial charge in [0.1, 0.15) is 0 Å². The Hall–Kier alpha value is -1.91. The van der Waals surface area contributed by atoms with Crippen LogP contribution in [0.4, 0.5) is 0 Å². The Labute approximate surface area is 112 Å². The normalized spacial score (nSPS) is 12.3. The second-order valence-corrected chi connectivity index (χ2v) is 4.35. The standard InChI is InChI=1S/C15H17NO3/c1-19-10-12(17)9-16-15(18)14-8-4-6-11-5-2-3-7-13(11)14/h2-8,12,17H,9-10H2,1H3,(H,16,18). The molecule has 2 N–H and O–H groups in total. The summed E-state index contributed by atoms with van der Waals surface area (Å²) in [5.41, 5.74) is 0.614. The molecule has 19 heavy (non-hydrogen) atoms. The Morgan fingerprint density at radius 3 is 2.79 bits per heavy atom. The molecule has 0 saturated carbocycles. The van der Waals surface area contributed by atoms with E-state index in [1.165, 1.54) is 7.11 Å². The summed E-state index contributed by atoms with van der Waals surface area (Å²) in [6, 6.07) is 13.3. The van der Waals surface area contributed by atoms with E-state index in [0.29, 0.717) is 5.56 Å². The lowest BCUT2D eigenvalue weighted by Gasteiger charge is -2.11. The van der Waals surface area contributed by atoms with E-state index in [2.05, 4.69) is 5.32 Å². The Balaban J connectivity index is 2.13. The molecule has 1 unspecified atom stereocenters. The van der Waals surface area contributed by atoms with E-state index in [1.807, 2.05) is 36.4 Å². The number of nitrogens with one attached hydrogen (secondary N) is 1. The molecule has 0 aliphatic heterocycles. The largest absolute Gasteiger partial charge is 0.389 e. The fourth-order valence-electron chi connectivity index (χ4n) is 1.98. The van der Waals surface area contributed by atoms with Crippen LogP contribution in [0.15, 0.2) is 42.5 Å². The van der Waals surface area contributed by atoms with Crippen LogP contribution < -0.4 is 5.32 Å². The van der Waals surface area contributed by atoms with Crippen LogP contribution in [0.1, 0.15) is 10.4 Å². The number of aliphatic hydroxyl groups excluding tert-OH is 1. The molecule has 0 bridgehead atoms. The molecule has 4 nitrogen and oxygen atoms in total. The number of carbonyl (C=O) groups is 1. The molecular weight excluding hydrogens is 242 g/mol. The molecule has 2 aromatic carbocycles. The molecule has 2 aromatic rings. The fraction of sp³-hybridized carbons (Fsp3) is 0.267. The van der Waals surface area contributed by atoms with Crippen molar-refractivity contribution in [1.82, 2.24) is 5.32 Å². The van der Waals surface area contributed by atoms with Gasteiger partial charge in [-0.1, -0.05) is 36.4 Å². The molecule has 0 fully saturated rings. The summed E-state index contributed by atoms with van der Waals surface area (Å²) in [6.45, 7) is 0.381. The van der Waals surface area contributed by atoms with Gasteiger partial charge in [0.25, 0.3) is 5.91 Å². The van der Waals surface area contributed by atoms with Crippen LogP contribution in [-0.4, -0.2) is 37.4 Å². The zero-order valence-electron chi connectivity index (χ0n) is 10.8. The van der Waals surface area contributed by atoms with Gasteiger partial charge in [-0.05, 0) is 16.8 Å². The van der Waals surface area contributed by atoms with Crippen molar-refractivity contribution in [2.24, 2.45) is 0 Å². The minimum Gasteiger partial charge on any atom is -0.389 e. The Morgan fingerprint density at radius 1 is 1.26 bits per heavy atom. The molecule has 0 aliphatic carbocycles. The lowest BCUT2D eigenvalue weighted by molar-refractivity contribution is 0.0610. The summed E-state index contributed by atoms with van der Waals surface area (Å²) >= 11 is 0. The minimum atomic E-state index is -0.691. The highest BCUT2D eigenvalue weighted by atomic mass is 16.5. The second-order valence-electron chi connectivity index (χ2n) is 4.35. The number of methoxy groups -OCH3 is 1. The van der Waals surface area contributed by atoms with E-state index in [1.54, 1.807) is 6.07 Å². The van der Waals surface area contributed by atoms with Crippen LogP contribution in [0.3, 0.4) is 0 Å². The first kappa shape index (κ1) is 13.5. The van der Waals surface area contributed by atoms with Crippen molar-refractivity contribution >= 4 is 16.7 Å². The second kappa shape index (κ2) is 6.31.